The number of aromatic amines is 2. The van der Waals surface area contributed by atoms with Gasteiger partial charge >= 0.3 is 5.69 Å². The average molecular weight is 501 g/mol. The molecule has 4 heterocycles. The SMILES string of the molecule is Cn1cncc1-c1cc(-c2nc3cc(C(N)=O)ccc3n2-c2ccc3[nH]c(=O)[nH]c3c2)c2ccccc2n1. The number of primary amides is 1. The molecule has 0 fully saturated rings. The lowest BCUT2D eigenvalue weighted by Gasteiger charge is -2.13. The van der Waals surface area contributed by atoms with Crippen molar-refractivity contribution in [3.05, 3.63) is 95.3 Å². The molecule has 0 atom stereocenters. The number of nitrogens with two attached hydrogens (primary N) is 1. The van der Waals surface area contributed by atoms with Gasteiger partial charge in [0, 0.05) is 29.2 Å². The summed E-state index contributed by atoms with van der Waals surface area (Å²) in [7, 11) is 1.92. The fraction of sp³-hybridized carbons (Fsp3) is 0.0357. The number of carbonyl (C=O) groups excluding carboxylic acids is 1. The van der Waals surface area contributed by atoms with E-state index in [1.54, 1.807) is 24.7 Å². The van der Waals surface area contributed by atoms with E-state index < -0.39 is 5.91 Å². The number of imidazole rings is 3. The maximum absolute atomic E-state index is 11.9. The number of pyridine rings is 1. The number of fused-ring (bicyclic) bond motifs is 3. The Morgan fingerprint density at radius 3 is 2.58 bits per heavy atom. The van der Waals surface area contributed by atoms with Gasteiger partial charge in [-0.3, -0.25) is 9.36 Å². The third-order valence-corrected chi connectivity index (χ3v) is 6.73. The predicted molar refractivity (Wildman–Crippen MR) is 145 cm³/mol. The summed E-state index contributed by atoms with van der Waals surface area (Å²) < 4.78 is 3.93. The standard InChI is InChI=1S/C28H20N8O2/c1-35-14-30-13-25(35)23-12-18(17-4-2-3-5-19(17)31-23)27-32-22-10-15(26(29)37)6-9-24(22)36(27)16-7-8-20-21(11-16)34-28(38)33-20/h2-14H,1H3,(H2,29,37)(H2,33,34,38). The largest absolute Gasteiger partial charge is 0.366 e. The highest BCUT2D eigenvalue weighted by Crippen LogP contribution is 2.36. The number of amides is 1. The van der Waals surface area contributed by atoms with E-state index in [4.69, 9.17) is 15.7 Å². The maximum Gasteiger partial charge on any atom is 0.323 e. The predicted octanol–water partition coefficient (Wildman–Crippen LogP) is 3.91. The van der Waals surface area contributed by atoms with Gasteiger partial charge in [0.1, 0.15) is 5.82 Å². The molecular formula is C28H20N8O2. The maximum atomic E-state index is 11.9. The van der Waals surface area contributed by atoms with E-state index in [9.17, 15) is 9.59 Å². The van der Waals surface area contributed by atoms with Crippen molar-refractivity contribution in [2.75, 3.05) is 0 Å². The number of benzene rings is 3. The summed E-state index contributed by atoms with van der Waals surface area (Å²) in [4.78, 5) is 43.7. The molecule has 10 nitrogen and oxygen atoms in total. The first-order valence-electron chi connectivity index (χ1n) is 11.9. The molecule has 4 aromatic heterocycles. The number of carbonyl (C=O) groups is 1. The van der Waals surface area contributed by atoms with Crippen LogP contribution in [0.4, 0.5) is 0 Å². The van der Waals surface area contributed by atoms with Crippen LogP contribution in [-0.4, -0.2) is 40.0 Å². The monoisotopic (exact) mass is 500 g/mol. The van der Waals surface area contributed by atoms with Crippen molar-refractivity contribution in [3.8, 4) is 28.5 Å². The van der Waals surface area contributed by atoms with Gasteiger partial charge in [0.2, 0.25) is 5.91 Å². The van der Waals surface area contributed by atoms with E-state index in [0.717, 1.165) is 39.1 Å². The van der Waals surface area contributed by atoms with Gasteiger partial charge in [0.15, 0.2) is 0 Å². The first-order chi connectivity index (χ1) is 18.5. The molecule has 0 aliphatic heterocycles. The summed E-state index contributed by atoms with van der Waals surface area (Å²) in [5.74, 6) is 0.128. The van der Waals surface area contributed by atoms with Crippen LogP contribution in [0.5, 0.6) is 0 Å². The highest BCUT2D eigenvalue weighted by molar-refractivity contribution is 6.00. The second-order valence-electron chi connectivity index (χ2n) is 9.11. The zero-order valence-corrected chi connectivity index (χ0v) is 20.1. The van der Waals surface area contributed by atoms with E-state index in [2.05, 4.69) is 15.0 Å². The van der Waals surface area contributed by atoms with E-state index >= 15 is 0 Å². The van der Waals surface area contributed by atoms with Crippen molar-refractivity contribution >= 4 is 38.9 Å². The van der Waals surface area contributed by atoms with Gasteiger partial charge in [-0.1, -0.05) is 18.2 Å². The molecule has 3 aromatic carbocycles. The number of hydrogen-bond donors (Lipinski definition) is 3. The Hall–Kier alpha value is -5.51. The Kier molecular flexibility index (Phi) is 4.58. The number of aromatic nitrogens is 7. The molecule has 0 saturated carbocycles. The summed E-state index contributed by atoms with van der Waals surface area (Å²) in [5, 5.41) is 0.918. The van der Waals surface area contributed by atoms with Crippen LogP contribution in [0.2, 0.25) is 0 Å². The molecule has 1 amide bonds. The Morgan fingerprint density at radius 2 is 1.76 bits per heavy atom. The van der Waals surface area contributed by atoms with Crippen LogP contribution in [0.15, 0.2) is 84.0 Å². The molecule has 0 spiro atoms. The highest BCUT2D eigenvalue weighted by atomic mass is 16.1. The summed E-state index contributed by atoms with van der Waals surface area (Å²) in [6.07, 6.45) is 3.51. The summed E-state index contributed by atoms with van der Waals surface area (Å²) in [6, 6.07) is 20.8. The topological polar surface area (TPSA) is 140 Å². The van der Waals surface area contributed by atoms with Gasteiger partial charge in [-0.05, 0) is 48.5 Å². The smallest absolute Gasteiger partial charge is 0.323 e. The molecule has 7 rings (SSSR count). The second kappa shape index (κ2) is 8.00. The molecule has 38 heavy (non-hydrogen) atoms. The van der Waals surface area contributed by atoms with E-state index in [-0.39, 0.29) is 5.69 Å². The number of rotatable bonds is 4. The Balaban J connectivity index is 1.58. The lowest BCUT2D eigenvalue weighted by molar-refractivity contribution is 0.100. The number of aryl methyl sites for hydroxylation is 1. The van der Waals surface area contributed by atoms with E-state index in [1.165, 1.54) is 0 Å². The van der Waals surface area contributed by atoms with Crippen LogP contribution in [0.25, 0.3) is 61.4 Å². The van der Waals surface area contributed by atoms with Crippen LogP contribution in [-0.2, 0) is 7.05 Å². The molecule has 10 heteroatoms. The number of hydrogen-bond acceptors (Lipinski definition) is 5. The van der Waals surface area contributed by atoms with Crippen LogP contribution in [0.3, 0.4) is 0 Å². The summed E-state index contributed by atoms with van der Waals surface area (Å²) in [5.41, 5.74) is 12.5. The molecular weight excluding hydrogens is 480 g/mol. The first kappa shape index (κ1) is 21.7. The van der Waals surface area contributed by atoms with Crippen molar-refractivity contribution in [1.29, 1.82) is 0 Å². The fourth-order valence-corrected chi connectivity index (χ4v) is 4.93. The highest BCUT2D eigenvalue weighted by Gasteiger charge is 2.20. The van der Waals surface area contributed by atoms with Crippen LogP contribution in [0.1, 0.15) is 10.4 Å². The Labute approximate surface area is 214 Å². The number of nitrogens with zero attached hydrogens (tertiary/aromatic N) is 5. The summed E-state index contributed by atoms with van der Waals surface area (Å²) >= 11 is 0. The fourth-order valence-electron chi connectivity index (χ4n) is 4.93. The Morgan fingerprint density at radius 1 is 0.921 bits per heavy atom. The van der Waals surface area contributed by atoms with Crippen molar-refractivity contribution in [2.45, 2.75) is 0 Å². The minimum absolute atomic E-state index is 0.278. The minimum Gasteiger partial charge on any atom is -0.366 e. The summed E-state index contributed by atoms with van der Waals surface area (Å²) in [6.45, 7) is 0. The molecule has 0 unspecified atom stereocenters. The molecule has 0 radical (unpaired) electrons. The zero-order chi connectivity index (χ0) is 26.0. The van der Waals surface area contributed by atoms with Crippen LogP contribution < -0.4 is 11.4 Å². The van der Waals surface area contributed by atoms with Gasteiger partial charge in [-0.2, -0.15) is 0 Å². The van der Waals surface area contributed by atoms with Gasteiger partial charge in [-0.15, -0.1) is 0 Å². The first-order valence-corrected chi connectivity index (χ1v) is 11.9. The number of para-hydroxylation sites is 1. The molecule has 0 aliphatic carbocycles. The molecule has 184 valence electrons. The van der Waals surface area contributed by atoms with Crippen molar-refractivity contribution < 1.29 is 4.79 Å². The zero-order valence-electron chi connectivity index (χ0n) is 20.1. The third kappa shape index (κ3) is 3.31. The van der Waals surface area contributed by atoms with Crippen molar-refractivity contribution in [2.24, 2.45) is 12.8 Å². The lowest BCUT2D eigenvalue weighted by atomic mass is 10.1. The third-order valence-electron chi connectivity index (χ3n) is 6.73. The average Bonchev–Trinajstić information content (AvgIpc) is 3.62. The lowest BCUT2D eigenvalue weighted by Crippen LogP contribution is -2.10. The van der Waals surface area contributed by atoms with Crippen LogP contribution >= 0.6 is 0 Å². The molecule has 0 bridgehead atoms. The molecule has 7 aromatic rings. The van der Waals surface area contributed by atoms with Gasteiger partial charge in [0.25, 0.3) is 0 Å². The molecule has 0 aliphatic rings. The minimum atomic E-state index is -0.526. The van der Waals surface area contributed by atoms with Gasteiger partial charge in [0.05, 0.1) is 51.5 Å². The van der Waals surface area contributed by atoms with Gasteiger partial charge in [-0.25, -0.2) is 19.7 Å². The van der Waals surface area contributed by atoms with Gasteiger partial charge < -0.3 is 20.3 Å². The number of H-pyrrole nitrogens is 2. The van der Waals surface area contributed by atoms with E-state index in [1.807, 2.05) is 70.8 Å². The quantitative estimate of drug-likeness (QED) is 0.336. The van der Waals surface area contributed by atoms with Crippen molar-refractivity contribution in [3.63, 3.8) is 0 Å². The van der Waals surface area contributed by atoms with Crippen LogP contribution in [0, 0.1) is 0 Å². The van der Waals surface area contributed by atoms with E-state index in [0.29, 0.717) is 27.9 Å². The molecule has 0 saturated heterocycles. The Bertz CT molecular complexity index is 2110. The van der Waals surface area contributed by atoms with Crippen molar-refractivity contribution in [1.82, 2.24) is 34.1 Å². The second-order valence-corrected chi connectivity index (χ2v) is 9.11. The number of nitrogens with one attached hydrogen (secondary N) is 2. The molecule has 4 N–H and O–H groups in total. The normalized spacial score (nSPS) is 11.6.